The van der Waals surface area contributed by atoms with Gasteiger partial charge in [-0.25, -0.2) is 0 Å². The maximum absolute atomic E-state index is 3.93. The van der Waals surface area contributed by atoms with Gasteiger partial charge in [-0.05, 0) is 49.5 Å². The molecule has 0 amide bonds. The molecule has 0 aliphatic heterocycles. The van der Waals surface area contributed by atoms with E-state index in [4.69, 9.17) is 0 Å². The first-order valence-electron chi connectivity index (χ1n) is 8.51. The molecule has 1 N–H and O–H groups in total. The number of benzene rings is 1. The lowest BCUT2D eigenvalue weighted by Crippen LogP contribution is -2.36. The third kappa shape index (κ3) is 4.34. The fourth-order valence-corrected chi connectivity index (χ4v) is 3.56. The minimum atomic E-state index is 0.543. The summed E-state index contributed by atoms with van der Waals surface area (Å²) in [6.07, 6.45) is 8.01. The molecule has 1 unspecified atom stereocenters. The van der Waals surface area contributed by atoms with Gasteiger partial charge in [0.05, 0.1) is 0 Å². The number of hydrogen-bond donors (Lipinski definition) is 1. The average Bonchev–Trinajstić information content (AvgIpc) is 2.48. The van der Waals surface area contributed by atoms with Crippen LogP contribution in [0.25, 0.3) is 0 Å². The lowest BCUT2D eigenvalue weighted by molar-refractivity contribution is 0.226. The van der Waals surface area contributed by atoms with Crippen molar-refractivity contribution in [1.29, 1.82) is 0 Å². The highest BCUT2D eigenvalue weighted by Gasteiger charge is 2.24. The van der Waals surface area contributed by atoms with E-state index < -0.39 is 0 Å². The zero-order chi connectivity index (χ0) is 14.4. The van der Waals surface area contributed by atoms with Crippen LogP contribution < -0.4 is 5.32 Å². The fourth-order valence-electron chi connectivity index (χ4n) is 3.56. The van der Waals surface area contributed by atoms with Gasteiger partial charge in [0.2, 0.25) is 0 Å². The number of hydrogen-bond acceptors (Lipinski definition) is 1. The molecule has 1 saturated carbocycles. The van der Waals surface area contributed by atoms with Gasteiger partial charge < -0.3 is 5.32 Å². The Hall–Kier alpha value is -0.820. The smallest absolute Gasteiger partial charge is 0.0322 e. The van der Waals surface area contributed by atoms with E-state index in [1.165, 1.54) is 44.1 Å². The summed E-state index contributed by atoms with van der Waals surface area (Å²) in [5.74, 6) is 1.81. The minimum Gasteiger partial charge on any atom is -0.307 e. The summed E-state index contributed by atoms with van der Waals surface area (Å²) in [5, 5.41) is 3.93. The molecule has 20 heavy (non-hydrogen) atoms. The summed E-state index contributed by atoms with van der Waals surface area (Å²) < 4.78 is 0. The van der Waals surface area contributed by atoms with Gasteiger partial charge >= 0.3 is 0 Å². The Kier molecular flexibility index (Phi) is 6.09. The predicted molar refractivity (Wildman–Crippen MR) is 87.8 cm³/mol. The van der Waals surface area contributed by atoms with Crippen LogP contribution in [0.1, 0.15) is 70.9 Å². The van der Waals surface area contributed by atoms with Crippen molar-refractivity contribution in [1.82, 2.24) is 5.32 Å². The molecule has 1 aromatic rings. The quantitative estimate of drug-likeness (QED) is 0.738. The van der Waals surface area contributed by atoms with E-state index in [1.807, 2.05) is 0 Å². The van der Waals surface area contributed by atoms with Crippen molar-refractivity contribution in [3.63, 3.8) is 0 Å². The van der Waals surface area contributed by atoms with E-state index in [2.05, 4.69) is 56.4 Å². The number of rotatable bonds is 6. The zero-order valence-corrected chi connectivity index (χ0v) is 13.4. The Morgan fingerprint density at radius 2 is 1.70 bits per heavy atom. The van der Waals surface area contributed by atoms with Gasteiger partial charge in [0.15, 0.2) is 0 Å². The zero-order valence-electron chi connectivity index (χ0n) is 13.4. The Labute approximate surface area is 125 Å². The molecule has 1 aliphatic rings. The van der Waals surface area contributed by atoms with Crippen molar-refractivity contribution in [2.24, 2.45) is 11.8 Å². The molecule has 0 aromatic heterocycles. The average molecular weight is 273 g/mol. The number of nitrogens with one attached hydrogen (secondary N) is 1. The fraction of sp³-hybridized carbons (Fsp3) is 0.684. The Morgan fingerprint density at radius 3 is 2.25 bits per heavy atom. The van der Waals surface area contributed by atoms with Crippen molar-refractivity contribution in [3.8, 4) is 0 Å². The van der Waals surface area contributed by atoms with E-state index in [0.29, 0.717) is 6.04 Å². The normalized spacial score (nSPS) is 24.8. The molecule has 1 fully saturated rings. The Bertz CT molecular complexity index is 363. The highest BCUT2D eigenvalue weighted by Crippen LogP contribution is 2.31. The molecule has 1 nitrogen and oxygen atoms in total. The van der Waals surface area contributed by atoms with Crippen LogP contribution in [-0.4, -0.2) is 6.04 Å². The molecule has 0 bridgehead atoms. The molecule has 1 aliphatic carbocycles. The highest BCUT2D eigenvalue weighted by molar-refractivity contribution is 5.19. The van der Waals surface area contributed by atoms with Gasteiger partial charge in [-0.3, -0.25) is 0 Å². The standard InChI is InChI=1S/C19H31N/c1-4-8-19(17-9-6-5-7-10-17)20-18-13-11-16(12-14-18)15(2)3/h5-7,9-10,15-16,18-20H,4,8,11-14H2,1-3H3. The minimum absolute atomic E-state index is 0.543. The molecule has 1 atom stereocenters. The monoisotopic (exact) mass is 273 g/mol. The maximum atomic E-state index is 3.93. The third-order valence-electron chi connectivity index (χ3n) is 4.93. The largest absolute Gasteiger partial charge is 0.307 e. The summed E-state index contributed by atoms with van der Waals surface area (Å²) in [6, 6.07) is 12.2. The second-order valence-electron chi connectivity index (χ2n) is 6.77. The van der Waals surface area contributed by atoms with Gasteiger partial charge in [0.1, 0.15) is 0 Å². The van der Waals surface area contributed by atoms with Crippen molar-refractivity contribution in [3.05, 3.63) is 35.9 Å². The van der Waals surface area contributed by atoms with Gasteiger partial charge in [-0.2, -0.15) is 0 Å². The highest BCUT2D eigenvalue weighted by atomic mass is 15.0. The molecular formula is C19H31N. The van der Waals surface area contributed by atoms with Crippen molar-refractivity contribution >= 4 is 0 Å². The SMILES string of the molecule is CCCC(NC1CCC(C(C)C)CC1)c1ccccc1. The molecular weight excluding hydrogens is 242 g/mol. The molecule has 0 saturated heterocycles. The van der Waals surface area contributed by atoms with Gasteiger partial charge in [0, 0.05) is 12.1 Å². The summed E-state index contributed by atoms with van der Waals surface area (Å²) >= 11 is 0. The van der Waals surface area contributed by atoms with Crippen LogP contribution in [0, 0.1) is 11.8 Å². The van der Waals surface area contributed by atoms with Crippen molar-refractivity contribution < 1.29 is 0 Å². The van der Waals surface area contributed by atoms with Crippen LogP contribution >= 0.6 is 0 Å². The summed E-state index contributed by atoms with van der Waals surface area (Å²) in [5.41, 5.74) is 1.46. The van der Waals surface area contributed by atoms with E-state index in [-0.39, 0.29) is 0 Å². The van der Waals surface area contributed by atoms with E-state index in [0.717, 1.165) is 17.9 Å². The summed E-state index contributed by atoms with van der Waals surface area (Å²) in [7, 11) is 0. The first kappa shape index (κ1) is 15.6. The third-order valence-corrected chi connectivity index (χ3v) is 4.93. The summed E-state index contributed by atoms with van der Waals surface area (Å²) in [4.78, 5) is 0. The van der Waals surface area contributed by atoms with Crippen molar-refractivity contribution in [2.75, 3.05) is 0 Å². The predicted octanol–water partition coefficient (Wildman–Crippen LogP) is 5.33. The van der Waals surface area contributed by atoms with Crippen LogP contribution in [0.3, 0.4) is 0 Å². The Morgan fingerprint density at radius 1 is 1.05 bits per heavy atom. The molecule has 2 rings (SSSR count). The van der Waals surface area contributed by atoms with Crippen LogP contribution in [0.15, 0.2) is 30.3 Å². The first-order valence-corrected chi connectivity index (χ1v) is 8.51. The maximum Gasteiger partial charge on any atom is 0.0322 e. The molecule has 1 aromatic carbocycles. The van der Waals surface area contributed by atoms with Crippen molar-refractivity contribution in [2.45, 2.75) is 71.4 Å². The van der Waals surface area contributed by atoms with Gasteiger partial charge in [0.25, 0.3) is 0 Å². The molecule has 0 heterocycles. The van der Waals surface area contributed by atoms with E-state index in [9.17, 15) is 0 Å². The van der Waals surface area contributed by atoms with Crippen LogP contribution in [0.2, 0.25) is 0 Å². The van der Waals surface area contributed by atoms with Crippen LogP contribution in [0.5, 0.6) is 0 Å². The lowest BCUT2D eigenvalue weighted by Gasteiger charge is -2.34. The molecule has 0 spiro atoms. The molecule has 112 valence electrons. The van der Waals surface area contributed by atoms with Gasteiger partial charge in [-0.1, -0.05) is 57.5 Å². The first-order chi connectivity index (χ1) is 9.70. The summed E-state index contributed by atoms with van der Waals surface area (Å²) in [6.45, 7) is 7.04. The van der Waals surface area contributed by atoms with Gasteiger partial charge in [-0.15, -0.1) is 0 Å². The van der Waals surface area contributed by atoms with Crippen LogP contribution in [-0.2, 0) is 0 Å². The van der Waals surface area contributed by atoms with Crippen LogP contribution in [0.4, 0.5) is 0 Å². The van der Waals surface area contributed by atoms with E-state index in [1.54, 1.807) is 0 Å². The topological polar surface area (TPSA) is 12.0 Å². The molecule has 0 radical (unpaired) electrons. The molecule has 1 heteroatoms. The second-order valence-corrected chi connectivity index (χ2v) is 6.77. The van der Waals surface area contributed by atoms with E-state index >= 15 is 0 Å². The lowest BCUT2D eigenvalue weighted by atomic mass is 9.79. The Balaban J connectivity index is 1.90. The second kappa shape index (κ2) is 7.83.